The smallest absolute Gasteiger partial charge is 0.294 e. The lowest BCUT2D eigenvalue weighted by atomic mass is 9.97. The third kappa shape index (κ3) is 3.25. The Hall–Kier alpha value is -4.91. The Morgan fingerprint density at radius 3 is 2.53 bits per heavy atom. The van der Waals surface area contributed by atoms with E-state index in [1.807, 2.05) is 36.4 Å². The van der Waals surface area contributed by atoms with Gasteiger partial charge in [0.15, 0.2) is 22.9 Å². The SMILES string of the molecule is COc1cccc2cc(C(=O)C3=C(O)C(=O)N(c4cccc5ccccc45)C3c3ccccn3)oc12. The lowest BCUT2D eigenvalue weighted by Gasteiger charge is -2.27. The van der Waals surface area contributed by atoms with Crippen molar-refractivity contribution in [1.82, 2.24) is 4.98 Å². The second-order valence-electron chi connectivity index (χ2n) is 8.41. The summed E-state index contributed by atoms with van der Waals surface area (Å²) in [5.41, 5.74) is 1.33. The zero-order valence-electron chi connectivity index (χ0n) is 19.2. The third-order valence-electron chi connectivity index (χ3n) is 6.40. The second-order valence-corrected chi connectivity index (χ2v) is 8.41. The first-order valence-electron chi connectivity index (χ1n) is 11.3. The number of amides is 1. The average Bonchev–Trinajstić information content (AvgIpc) is 3.47. The number of benzene rings is 3. The highest BCUT2D eigenvalue weighted by molar-refractivity contribution is 6.22. The highest BCUT2D eigenvalue weighted by Crippen LogP contribution is 2.44. The Morgan fingerprint density at radius 2 is 1.72 bits per heavy atom. The summed E-state index contributed by atoms with van der Waals surface area (Å²) in [6, 6.07) is 24.4. The van der Waals surface area contributed by atoms with Gasteiger partial charge in [0.1, 0.15) is 6.04 Å². The molecule has 3 aromatic carbocycles. The number of anilines is 1. The fraction of sp³-hybridized carbons (Fsp3) is 0.0690. The van der Waals surface area contributed by atoms with Crippen molar-refractivity contribution in [2.24, 2.45) is 0 Å². The number of aromatic nitrogens is 1. The monoisotopic (exact) mass is 476 g/mol. The minimum absolute atomic E-state index is 0.00968. The number of furan rings is 1. The van der Waals surface area contributed by atoms with Gasteiger partial charge in [-0.05, 0) is 35.7 Å². The van der Waals surface area contributed by atoms with Crippen LogP contribution in [-0.4, -0.2) is 28.9 Å². The Bertz CT molecular complexity index is 1680. The van der Waals surface area contributed by atoms with E-state index < -0.39 is 23.5 Å². The highest BCUT2D eigenvalue weighted by atomic mass is 16.5. The van der Waals surface area contributed by atoms with Gasteiger partial charge in [-0.25, -0.2) is 0 Å². The molecule has 6 rings (SSSR count). The normalized spacial score (nSPS) is 15.8. The van der Waals surface area contributed by atoms with Crippen LogP contribution in [0.1, 0.15) is 22.3 Å². The molecule has 3 heterocycles. The Labute approximate surface area is 205 Å². The van der Waals surface area contributed by atoms with Gasteiger partial charge in [0, 0.05) is 17.0 Å². The van der Waals surface area contributed by atoms with Gasteiger partial charge in [-0.1, -0.05) is 54.6 Å². The number of hydrogen-bond donors (Lipinski definition) is 1. The standard InChI is InChI=1S/C29H20N2O5/c1-35-22-14-7-10-18-16-23(36-28(18)22)26(32)24-25(20-12-4-5-15-30-20)31(29(34)27(24)33)21-13-6-9-17-8-2-3-11-19(17)21/h2-16,25,33H,1H3. The van der Waals surface area contributed by atoms with Crippen molar-refractivity contribution in [3.63, 3.8) is 0 Å². The quantitative estimate of drug-likeness (QED) is 0.324. The minimum atomic E-state index is -0.952. The maximum Gasteiger partial charge on any atom is 0.294 e. The number of aliphatic hydroxyl groups is 1. The van der Waals surface area contributed by atoms with E-state index in [9.17, 15) is 14.7 Å². The first kappa shape index (κ1) is 21.6. The predicted molar refractivity (Wildman–Crippen MR) is 135 cm³/mol. The van der Waals surface area contributed by atoms with Crippen molar-refractivity contribution in [3.05, 3.63) is 114 Å². The van der Waals surface area contributed by atoms with E-state index >= 15 is 0 Å². The van der Waals surface area contributed by atoms with Gasteiger partial charge in [-0.15, -0.1) is 0 Å². The van der Waals surface area contributed by atoms with Gasteiger partial charge < -0.3 is 14.3 Å². The molecule has 0 fully saturated rings. The Balaban J connectivity index is 1.54. The molecule has 176 valence electrons. The molecule has 0 spiro atoms. The molecule has 7 nitrogen and oxygen atoms in total. The lowest BCUT2D eigenvalue weighted by Crippen LogP contribution is -2.31. The number of nitrogens with zero attached hydrogens (tertiary/aromatic N) is 2. The molecule has 36 heavy (non-hydrogen) atoms. The molecule has 1 aliphatic heterocycles. The van der Waals surface area contributed by atoms with E-state index in [4.69, 9.17) is 9.15 Å². The van der Waals surface area contributed by atoms with Crippen molar-refractivity contribution < 1.29 is 23.8 Å². The molecular weight excluding hydrogens is 456 g/mol. The van der Waals surface area contributed by atoms with E-state index in [2.05, 4.69) is 4.98 Å². The molecule has 0 bridgehead atoms. The maximum absolute atomic E-state index is 13.8. The van der Waals surface area contributed by atoms with Crippen molar-refractivity contribution in [3.8, 4) is 5.75 Å². The third-order valence-corrected chi connectivity index (χ3v) is 6.40. The summed E-state index contributed by atoms with van der Waals surface area (Å²) in [6.45, 7) is 0. The molecule has 7 heteroatoms. The topological polar surface area (TPSA) is 92.9 Å². The fourth-order valence-corrected chi connectivity index (χ4v) is 4.76. The van der Waals surface area contributed by atoms with E-state index in [1.165, 1.54) is 12.0 Å². The summed E-state index contributed by atoms with van der Waals surface area (Å²) >= 11 is 0. The van der Waals surface area contributed by atoms with Crippen molar-refractivity contribution >= 4 is 39.1 Å². The molecule has 1 N–H and O–H groups in total. The summed E-state index contributed by atoms with van der Waals surface area (Å²) < 4.78 is 11.2. The van der Waals surface area contributed by atoms with Crippen LogP contribution in [0.2, 0.25) is 0 Å². The molecule has 0 aliphatic carbocycles. The van der Waals surface area contributed by atoms with Gasteiger partial charge in [-0.3, -0.25) is 19.5 Å². The number of hydrogen-bond acceptors (Lipinski definition) is 6. The number of fused-ring (bicyclic) bond motifs is 2. The molecule has 1 amide bonds. The number of ketones is 1. The number of para-hydroxylation sites is 1. The number of rotatable bonds is 5. The summed E-state index contributed by atoms with van der Waals surface area (Å²) in [6.07, 6.45) is 1.59. The number of methoxy groups -OCH3 is 1. The Morgan fingerprint density at radius 1 is 0.972 bits per heavy atom. The van der Waals surface area contributed by atoms with Crippen molar-refractivity contribution in [1.29, 1.82) is 0 Å². The number of pyridine rings is 1. The molecule has 0 saturated heterocycles. The van der Waals surface area contributed by atoms with Crippen LogP contribution in [0.25, 0.3) is 21.7 Å². The van der Waals surface area contributed by atoms with Crippen LogP contribution in [0.5, 0.6) is 5.75 Å². The first-order chi connectivity index (χ1) is 17.6. The van der Waals surface area contributed by atoms with Crippen molar-refractivity contribution in [2.45, 2.75) is 6.04 Å². The largest absolute Gasteiger partial charge is 0.503 e. The molecule has 2 aromatic heterocycles. The van der Waals surface area contributed by atoms with E-state index in [0.29, 0.717) is 28.1 Å². The van der Waals surface area contributed by atoms with Crippen LogP contribution >= 0.6 is 0 Å². The molecule has 5 aromatic rings. The highest BCUT2D eigenvalue weighted by Gasteiger charge is 2.46. The number of ether oxygens (including phenoxy) is 1. The molecule has 1 unspecified atom stereocenters. The Kier molecular flexibility index (Phi) is 5.04. The van der Waals surface area contributed by atoms with E-state index in [0.717, 1.165) is 10.8 Å². The molecule has 0 saturated carbocycles. The second kappa shape index (κ2) is 8.39. The zero-order valence-corrected chi connectivity index (χ0v) is 19.2. The van der Waals surface area contributed by atoms with Gasteiger partial charge in [0.2, 0.25) is 5.78 Å². The summed E-state index contributed by atoms with van der Waals surface area (Å²) in [5, 5.41) is 13.5. The molecular formula is C29H20N2O5. The predicted octanol–water partition coefficient (Wildman–Crippen LogP) is 5.77. The summed E-state index contributed by atoms with van der Waals surface area (Å²) in [7, 11) is 1.52. The van der Waals surface area contributed by atoms with Gasteiger partial charge in [0.05, 0.1) is 24.1 Å². The van der Waals surface area contributed by atoms with E-state index in [1.54, 1.807) is 54.7 Å². The number of Topliss-reactive ketones (excluding diaryl/α,β-unsaturated/α-hetero) is 1. The molecule has 1 atom stereocenters. The number of carbonyl (C=O) groups excluding carboxylic acids is 2. The molecule has 0 radical (unpaired) electrons. The van der Waals surface area contributed by atoms with Gasteiger partial charge in [-0.2, -0.15) is 0 Å². The van der Waals surface area contributed by atoms with Crippen LogP contribution in [0.4, 0.5) is 5.69 Å². The van der Waals surface area contributed by atoms with Gasteiger partial charge >= 0.3 is 0 Å². The first-order valence-corrected chi connectivity index (χ1v) is 11.3. The number of aliphatic hydroxyl groups excluding tert-OH is 1. The molecule has 1 aliphatic rings. The zero-order chi connectivity index (χ0) is 24.8. The van der Waals surface area contributed by atoms with Crippen LogP contribution in [0.3, 0.4) is 0 Å². The van der Waals surface area contributed by atoms with Gasteiger partial charge in [0.25, 0.3) is 5.91 Å². The van der Waals surface area contributed by atoms with Crippen LogP contribution < -0.4 is 9.64 Å². The summed E-state index contributed by atoms with van der Waals surface area (Å²) in [4.78, 5) is 33.2. The minimum Gasteiger partial charge on any atom is -0.503 e. The van der Waals surface area contributed by atoms with Crippen LogP contribution in [-0.2, 0) is 4.79 Å². The fourth-order valence-electron chi connectivity index (χ4n) is 4.76. The van der Waals surface area contributed by atoms with Crippen molar-refractivity contribution in [2.75, 3.05) is 12.0 Å². The number of carbonyl (C=O) groups is 2. The van der Waals surface area contributed by atoms with Crippen LogP contribution in [0.15, 0.2) is 107 Å². The lowest BCUT2D eigenvalue weighted by molar-refractivity contribution is -0.117. The van der Waals surface area contributed by atoms with E-state index in [-0.39, 0.29) is 11.3 Å². The summed E-state index contributed by atoms with van der Waals surface area (Å²) in [5.74, 6) is -1.44. The average molecular weight is 476 g/mol. The maximum atomic E-state index is 13.8. The van der Waals surface area contributed by atoms with Crippen LogP contribution in [0, 0.1) is 0 Å².